The Morgan fingerprint density at radius 3 is 2.67 bits per heavy atom. The van der Waals surface area contributed by atoms with E-state index in [0.29, 0.717) is 13.1 Å². The minimum atomic E-state index is -0.455. The number of urea groups is 1. The van der Waals surface area contributed by atoms with E-state index in [1.54, 1.807) is 14.0 Å². The lowest BCUT2D eigenvalue weighted by Gasteiger charge is -2.16. The van der Waals surface area contributed by atoms with Gasteiger partial charge in [-0.2, -0.15) is 0 Å². The van der Waals surface area contributed by atoms with Gasteiger partial charge in [-0.3, -0.25) is 10.1 Å². The third-order valence-electron chi connectivity index (χ3n) is 2.98. The van der Waals surface area contributed by atoms with Crippen LogP contribution in [-0.2, 0) is 11.3 Å². The molecule has 0 fully saturated rings. The molecule has 0 bridgehead atoms. The van der Waals surface area contributed by atoms with Crippen molar-refractivity contribution in [3.63, 3.8) is 0 Å². The Morgan fingerprint density at radius 1 is 1.33 bits per heavy atom. The highest BCUT2D eigenvalue weighted by Crippen LogP contribution is 2.18. The number of hydrogen-bond donors (Lipinski definition) is 3. The Morgan fingerprint density at radius 2 is 2.05 bits per heavy atom. The van der Waals surface area contributed by atoms with Crippen LogP contribution >= 0.6 is 0 Å². The highest BCUT2D eigenvalue weighted by Gasteiger charge is 2.15. The summed E-state index contributed by atoms with van der Waals surface area (Å²) in [5, 5.41) is 4.82. The van der Waals surface area contributed by atoms with Crippen molar-refractivity contribution in [2.75, 3.05) is 27.2 Å². The fourth-order valence-corrected chi connectivity index (χ4v) is 2.08. The van der Waals surface area contributed by atoms with E-state index in [1.807, 2.05) is 32.2 Å². The van der Waals surface area contributed by atoms with E-state index in [-0.39, 0.29) is 12.5 Å². The van der Waals surface area contributed by atoms with Crippen molar-refractivity contribution in [3.8, 4) is 5.75 Å². The third-order valence-corrected chi connectivity index (χ3v) is 2.98. The van der Waals surface area contributed by atoms with Crippen LogP contribution in [0.4, 0.5) is 4.79 Å². The van der Waals surface area contributed by atoms with Crippen LogP contribution in [0.3, 0.4) is 0 Å². The molecule has 3 amide bonds. The molecule has 0 aliphatic heterocycles. The van der Waals surface area contributed by atoms with Crippen LogP contribution in [0, 0.1) is 6.92 Å². The quantitative estimate of drug-likeness (QED) is 0.684. The smallest absolute Gasteiger partial charge is 0.321 e. The van der Waals surface area contributed by atoms with Gasteiger partial charge in [0.25, 0.3) is 5.91 Å². The van der Waals surface area contributed by atoms with Gasteiger partial charge in [0, 0.05) is 12.1 Å². The summed E-state index contributed by atoms with van der Waals surface area (Å²) in [7, 11) is 3.53. The number of benzene rings is 1. The highest BCUT2D eigenvalue weighted by atomic mass is 16.5. The molecule has 0 radical (unpaired) electrons. The Bertz CT molecular complexity index is 503. The second-order valence-corrected chi connectivity index (χ2v) is 5.03. The second-order valence-electron chi connectivity index (χ2n) is 5.03. The van der Waals surface area contributed by atoms with E-state index in [1.165, 1.54) is 0 Å². The zero-order chi connectivity index (χ0) is 15.8. The number of methoxy groups -OCH3 is 1. The van der Waals surface area contributed by atoms with Gasteiger partial charge in [0.1, 0.15) is 12.3 Å². The summed E-state index contributed by atoms with van der Waals surface area (Å²) >= 11 is 0. The maximum absolute atomic E-state index is 11.7. The molecule has 1 rings (SSSR count). The average Bonchev–Trinajstić information content (AvgIpc) is 2.38. The van der Waals surface area contributed by atoms with E-state index in [4.69, 9.17) is 4.74 Å². The van der Waals surface area contributed by atoms with Crippen LogP contribution in [0.1, 0.15) is 18.1 Å². The predicted molar refractivity (Wildman–Crippen MR) is 80.4 cm³/mol. The van der Waals surface area contributed by atoms with Crippen LogP contribution in [0.5, 0.6) is 5.75 Å². The monoisotopic (exact) mass is 294 g/mol. The minimum absolute atomic E-state index is 0.216. The number of likely N-dealkylation sites (N-methyl/N-ethyl adjacent to an activating group) is 1. The number of rotatable bonds is 6. The topological polar surface area (TPSA) is 71.9 Å². The van der Waals surface area contributed by atoms with Crippen LogP contribution in [0.2, 0.25) is 0 Å². The highest BCUT2D eigenvalue weighted by molar-refractivity contribution is 5.94. The van der Waals surface area contributed by atoms with Gasteiger partial charge in [-0.05, 0) is 26.0 Å². The van der Waals surface area contributed by atoms with Crippen molar-refractivity contribution >= 4 is 11.9 Å². The maximum atomic E-state index is 11.7. The lowest BCUT2D eigenvalue weighted by molar-refractivity contribution is -0.885. The van der Waals surface area contributed by atoms with Gasteiger partial charge in [-0.1, -0.05) is 11.6 Å². The summed E-state index contributed by atoms with van der Waals surface area (Å²) in [6.07, 6.45) is 0. The number of amides is 3. The first-order valence-electron chi connectivity index (χ1n) is 6.98. The maximum Gasteiger partial charge on any atom is 0.321 e. The largest absolute Gasteiger partial charge is 0.496 e. The molecule has 116 valence electrons. The average molecular weight is 294 g/mol. The molecule has 0 spiro atoms. The zero-order valence-electron chi connectivity index (χ0n) is 13.1. The van der Waals surface area contributed by atoms with Crippen molar-refractivity contribution in [2.24, 2.45) is 0 Å². The van der Waals surface area contributed by atoms with E-state index in [0.717, 1.165) is 21.8 Å². The number of imide groups is 1. The fraction of sp³-hybridized carbons (Fsp3) is 0.467. The lowest BCUT2D eigenvalue weighted by Crippen LogP contribution is -3.09. The Balaban J connectivity index is 2.57. The first-order valence-corrected chi connectivity index (χ1v) is 6.98. The van der Waals surface area contributed by atoms with Crippen molar-refractivity contribution in [1.29, 1.82) is 0 Å². The summed E-state index contributed by atoms with van der Waals surface area (Å²) in [4.78, 5) is 24.0. The lowest BCUT2D eigenvalue weighted by atomic mass is 10.1. The fourth-order valence-electron chi connectivity index (χ4n) is 2.08. The molecule has 0 aliphatic carbocycles. The molecule has 0 saturated carbocycles. The summed E-state index contributed by atoms with van der Waals surface area (Å²) < 4.78 is 5.32. The molecule has 1 aromatic rings. The molecular weight excluding hydrogens is 270 g/mol. The van der Waals surface area contributed by atoms with Gasteiger partial charge >= 0.3 is 6.03 Å². The molecule has 0 aromatic heterocycles. The molecule has 3 N–H and O–H groups in total. The Labute approximate surface area is 125 Å². The van der Waals surface area contributed by atoms with Gasteiger partial charge in [0.15, 0.2) is 6.54 Å². The number of carbonyl (C=O) groups excluding carboxylic acids is 2. The number of ether oxygens (including phenoxy) is 1. The predicted octanol–water partition coefficient (Wildman–Crippen LogP) is -0.136. The molecule has 0 heterocycles. The van der Waals surface area contributed by atoms with E-state index < -0.39 is 6.03 Å². The number of nitrogens with one attached hydrogen (secondary N) is 3. The number of hydrogen-bond acceptors (Lipinski definition) is 3. The van der Waals surface area contributed by atoms with Crippen LogP contribution in [0.25, 0.3) is 0 Å². The van der Waals surface area contributed by atoms with Gasteiger partial charge in [-0.15, -0.1) is 0 Å². The molecule has 1 aromatic carbocycles. The minimum Gasteiger partial charge on any atom is -0.496 e. The standard InChI is InChI=1S/C15H23N3O3/c1-5-16-15(20)17-14(19)10-18(3)9-12-8-11(2)6-7-13(12)21-4/h6-8H,5,9-10H2,1-4H3,(H2,16,17,19,20)/p+1. The van der Waals surface area contributed by atoms with Crippen molar-refractivity contribution in [1.82, 2.24) is 10.6 Å². The summed E-state index contributed by atoms with van der Waals surface area (Å²) in [5.41, 5.74) is 2.19. The van der Waals surface area contributed by atoms with Crippen LogP contribution in [-0.4, -0.2) is 39.2 Å². The molecule has 6 nitrogen and oxygen atoms in total. The van der Waals surface area contributed by atoms with Crippen LogP contribution in [0.15, 0.2) is 18.2 Å². The zero-order valence-corrected chi connectivity index (χ0v) is 13.1. The molecule has 6 heteroatoms. The molecule has 0 aliphatic rings. The van der Waals surface area contributed by atoms with Crippen molar-refractivity contribution in [3.05, 3.63) is 29.3 Å². The Kier molecular flexibility index (Phi) is 6.68. The number of quaternary nitrogens is 1. The summed E-state index contributed by atoms with van der Waals surface area (Å²) in [5.74, 6) is 0.508. The van der Waals surface area contributed by atoms with Gasteiger partial charge in [-0.25, -0.2) is 4.79 Å². The normalized spacial score (nSPS) is 11.6. The first-order chi connectivity index (χ1) is 9.96. The van der Waals surface area contributed by atoms with Crippen molar-refractivity contribution in [2.45, 2.75) is 20.4 Å². The molecule has 0 saturated heterocycles. The number of aryl methyl sites for hydroxylation is 1. The SMILES string of the molecule is CCNC(=O)NC(=O)C[NH+](C)Cc1cc(C)ccc1OC. The van der Waals surface area contributed by atoms with E-state index in [2.05, 4.69) is 10.6 Å². The summed E-state index contributed by atoms with van der Waals surface area (Å²) in [6, 6.07) is 5.50. The van der Waals surface area contributed by atoms with Gasteiger partial charge in [0.05, 0.1) is 14.2 Å². The molecule has 1 atom stereocenters. The second kappa shape index (κ2) is 8.26. The Hall–Kier alpha value is -2.08. The van der Waals surface area contributed by atoms with Gasteiger partial charge in [0.2, 0.25) is 0 Å². The third kappa shape index (κ3) is 5.83. The van der Waals surface area contributed by atoms with Gasteiger partial charge < -0.3 is 15.0 Å². The molecule has 21 heavy (non-hydrogen) atoms. The van der Waals surface area contributed by atoms with E-state index in [9.17, 15) is 9.59 Å². The van der Waals surface area contributed by atoms with Crippen molar-refractivity contribution < 1.29 is 19.2 Å². The molecular formula is C15H24N3O3+. The van der Waals surface area contributed by atoms with E-state index >= 15 is 0 Å². The number of carbonyl (C=O) groups is 2. The first kappa shape index (κ1) is 17.0. The van der Waals surface area contributed by atoms with Crippen LogP contribution < -0.4 is 20.3 Å². The summed E-state index contributed by atoms with van der Waals surface area (Å²) in [6.45, 7) is 5.16. The molecule has 1 unspecified atom stereocenters.